The Labute approximate surface area is 148 Å². The largest absolute Gasteiger partial charge is 0.383 e. The topological polar surface area (TPSA) is 114 Å². The Balaban J connectivity index is 2.66. The molecule has 1 aromatic carbocycles. The van der Waals surface area contributed by atoms with E-state index in [1.54, 1.807) is 6.92 Å². The summed E-state index contributed by atoms with van der Waals surface area (Å²) in [6, 6.07) is 5.10. The lowest BCUT2D eigenvalue weighted by atomic mass is 10.2. The van der Waals surface area contributed by atoms with E-state index < -0.39 is 15.9 Å². The predicted molar refractivity (Wildman–Crippen MR) is 93.7 cm³/mol. The summed E-state index contributed by atoms with van der Waals surface area (Å²) in [6.07, 6.45) is 0.812. The monoisotopic (exact) mass is 371 g/mol. The highest BCUT2D eigenvalue weighted by Gasteiger charge is 2.18. The average Bonchev–Trinajstić information content (AvgIpc) is 2.57. The lowest BCUT2D eigenvalue weighted by molar-refractivity contribution is -0.120. The summed E-state index contributed by atoms with van der Waals surface area (Å²) in [6.45, 7) is 4.29. The number of sulfonamides is 1. The number of carbonyl (C=O) groups excluding carboxylic acids is 2. The van der Waals surface area contributed by atoms with Crippen LogP contribution in [0, 0.1) is 0 Å². The zero-order valence-electron chi connectivity index (χ0n) is 14.7. The zero-order chi connectivity index (χ0) is 18.9. The summed E-state index contributed by atoms with van der Waals surface area (Å²) in [4.78, 5) is 23.5. The maximum absolute atomic E-state index is 12.2. The van der Waals surface area contributed by atoms with Gasteiger partial charge in [0.2, 0.25) is 15.9 Å². The van der Waals surface area contributed by atoms with Gasteiger partial charge in [-0.15, -0.1) is 0 Å². The van der Waals surface area contributed by atoms with E-state index in [0.29, 0.717) is 6.54 Å². The molecule has 0 radical (unpaired) electrons. The summed E-state index contributed by atoms with van der Waals surface area (Å²) in [5.41, 5.74) is 0.271. The summed E-state index contributed by atoms with van der Waals surface area (Å²) < 4.78 is 31.8. The van der Waals surface area contributed by atoms with Crippen LogP contribution in [-0.4, -0.2) is 53.1 Å². The van der Waals surface area contributed by atoms with E-state index in [1.165, 1.54) is 31.4 Å². The Morgan fingerprint density at radius 3 is 2.36 bits per heavy atom. The Hall–Kier alpha value is -1.97. The minimum absolute atomic E-state index is 0.0488. The van der Waals surface area contributed by atoms with Crippen molar-refractivity contribution in [1.82, 2.24) is 15.4 Å². The maximum Gasteiger partial charge on any atom is 0.251 e. The first-order valence-electron chi connectivity index (χ1n) is 7.96. The standard InChI is InChI=1S/C16H25N3O5S/c1-4-9-17-15(20)10-18-16(21)13-5-7-14(8-6-13)25(22,23)19-12(2)11-24-3/h5-8,12,19H,4,9-11H2,1-3H3,(H,17,20)(H,18,21)/t12-/m1/s1. The molecule has 0 fully saturated rings. The van der Waals surface area contributed by atoms with Crippen LogP contribution in [0.2, 0.25) is 0 Å². The second kappa shape index (κ2) is 10.1. The van der Waals surface area contributed by atoms with Crippen LogP contribution in [0.15, 0.2) is 29.2 Å². The number of amides is 2. The highest BCUT2D eigenvalue weighted by atomic mass is 32.2. The van der Waals surface area contributed by atoms with Crippen molar-refractivity contribution in [1.29, 1.82) is 0 Å². The van der Waals surface area contributed by atoms with Crippen LogP contribution in [-0.2, 0) is 19.6 Å². The number of nitrogens with one attached hydrogen (secondary N) is 3. The molecule has 0 unspecified atom stereocenters. The third-order valence-electron chi connectivity index (χ3n) is 3.18. The average molecular weight is 371 g/mol. The molecular formula is C16H25N3O5S. The normalized spacial score (nSPS) is 12.4. The molecule has 0 aliphatic carbocycles. The third kappa shape index (κ3) is 7.20. The minimum atomic E-state index is -3.69. The molecule has 0 saturated carbocycles. The molecule has 9 heteroatoms. The minimum Gasteiger partial charge on any atom is -0.383 e. The lowest BCUT2D eigenvalue weighted by Gasteiger charge is -2.13. The molecule has 0 bridgehead atoms. The van der Waals surface area contributed by atoms with E-state index in [1.807, 2.05) is 6.92 Å². The SMILES string of the molecule is CCCNC(=O)CNC(=O)c1ccc(S(=O)(=O)N[C@H](C)COC)cc1. The Bertz CT molecular complexity index is 674. The van der Waals surface area contributed by atoms with Gasteiger partial charge in [-0.05, 0) is 37.6 Å². The molecule has 0 heterocycles. The van der Waals surface area contributed by atoms with Crippen LogP contribution in [0.1, 0.15) is 30.6 Å². The second-order valence-electron chi connectivity index (χ2n) is 5.53. The van der Waals surface area contributed by atoms with E-state index in [-0.39, 0.29) is 35.6 Å². The molecule has 0 saturated heterocycles. The van der Waals surface area contributed by atoms with Gasteiger partial charge in [0.1, 0.15) is 0 Å². The Morgan fingerprint density at radius 2 is 1.80 bits per heavy atom. The van der Waals surface area contributed by atoms with Crippen LogP contribution >= 0.6 is 0 Å². The van der Waals surface area contributed by atoms with Crippen LogP contribution in [0.3, 0.4) is 0 Å². The van der Waals surface area contributed by atoms with Gasteiger partial charge in [-0.25, -0.2) is 13.1 Å². The number of rotatable bonds is 10. The molecule has 8 nitrogen and oxygen atoms in total. The maximum atomic E-state index is 12.2. The molecule has 1 aromatic rings. The Kier molecular flexibility index (Phi) is 8.53. The first-order chi connectivity index (χ1) is 11.8. The molecule has 2 amide bonds. The number of hydrogen-bond donors (Lipinski definition) is 3. The molecule has 1 atom stereocenters. The van der Waals surface area contributed by atoms with Crippen molar-refractivity contribution in [2.24, 2.45) is 0 Å². The van der Waals surface area contributed by atoms with Gasteiger partial charge in [0.25, 0.3) is 5.91 Å². The van der Waals surface area contributed by atoms with Crippen molar-refractivity contribution in [2.75, 3.05) is 26.8 Å². The molecule has 1 rings (SSSR count). The molecule has 25 heavy (non-hydrogen) atoms. The fourth-order valence-electron chi connectivity index (χ4n) is 1.99. The summed E-state index contributed by atoms with van der Waals surface area (Å²) in [5, 5.41) is 5.13. The predicted octanol–water partition coefficient (Wildman–Crippen LogP) is 0.256. The van der Waals surface area contributed by atoms with E-state index in [2.05, 4.69) is 15.4 Å². The van der Waals surface area contributed by atoms with Crippen LogP contribution in [0.25, 0.3) is 0 Å². The van der Waals surface area contributed by atoms with Gasteiger partial charge in [-0.3, -0.25) is 9.59 Å². The van der Waals surface area contributed by atoms with Crippen molar-refractivity contribution in [3.05, 3.63) is 29.8 Å². The smallest absolute Gasteiger partial charge is 0.251 e. The molecule has 0 aliphatic rings. The van der Waals surface area contributed by atoms with E-state index >= 15 is 0 Å². The van der Waals surface area contributed by atoms with Crippen LogP contribution < -0.4 is 15.4 Å². The quantitative estimate of drug-likeness (QED) is 0.546. The number of methoxy groups -OCH3 is 1. The van der Waals surface area contributed by atoms with Gasteiger partial charge in [-0.2, -0.15) is 0 Å². The molecule has 140 valence electrons. The second-order valence-corrected chi connectivity index (χ2v) is 7.25. The molecule has 0 aromatic heterocycles. The number of hydrogen-bond acceptors (Lipinski definition) is 5. The van der Waals surface area contributed by atoms with Gasteiger partial charge in [0, 0.05) is 25.3 Å². The van der Waals surface area contributed by atoms with Gasteiger partial charge in [0.15, 0.2) is 0 Å². The van der Waals surface area contributed by atoms with Crippen molar-refractivity contribution < 1.29 is 22.7 Å². The first kappa shape index (κ1) is 21.1. The molecule has 0 spiro atoms. The summed E-state index contributed by atoms with van der Waals surface area (Å²) in [7, 11) is -2.20. The van der Waals surface area contributed by atoms with Gasteiger partial charge < -0.3 is 15.4 Å². The fourth-order valence-corrected chi connectivity index (χ4v) is 3.22. The van der Waals surface area contributed by atoms with Gasteiger partial charge in [-0.1, -0.05) is 6.92 Å². The summed E-state index contributed by atoms with van der Waals surface area (Å²) >= 11 is 0. The van der Waals surface area contributed by atoms with E-state index in [4.69, 9.17) is 4.74 Å². The highest BCUT2D eigenvalue weighted by molar-refractivity contribution is 7.89. The van der Waals surface area contributed by atoms with Crippen LogP contribution in [0.4, 0.5) is 0 Å². The number of carbonyl (C=O) groups is 2. The third-order valence-corrected chi connectivity index (χ3v) is 4.79. The number of ether oxygens (including phenoxy) is 1. The first-order valence-corrected chi connectivity index (χ1v) is 9.44. The van der Waals surface area contributed by atoms with Crippen molar-refractivity contribution in [3.63, 3.8) is 0 Å². The van der Waals surface area contributed by atoms with E-state index in [0.717, 1.165) is 6.42 Å². The van der Waals surface area contributed by atoms with E-state index in [9.17, 15) is 18.0 Å². The molecular weight excluding hydrogens is 346 g/mol. The molecule has 3 N–H and O–H groups in total. The highest BCUT2D eigenvalue weighted by Crippen LogP contribution is 2.11. The Morgan fingerprint density at radius 1 is 1.16 bits per heavy atom. The fraction of sp³-hybridized carbons (Fsp3) is 0.500. The van der Waals surface area contributed by atoms with Gasteiger partial charge in [0.05, 0.1) is 18.0 Å². The molecule has 0 aliphatic heterocycles. The summed E-state index contributed by atoms with van der Waals surface area (Å²) in [5.74, 6) is -0.720. The van der Waals surface area contributed by atoms with Crippen LogP contribution in [0.5, 0.6) is 0 Å². The lowest BCUT2D eigenvalue weighted by Crippen LogP contribution is -2.37. The van der Waals surface area contributed by atoms with Crippen molar-refractivity contribution >= 4 is 21.8 Å². The van der Waals surface area contributed by atoms with Crippen molar-refractivity contribution in [2.45, 2.75) is 31.2 Å². The van der Waals surface area contributed by atoms with Gasteiger partial charge >= 0.3 is 0 Å². The number of benzene rings is 1. The zero-order valence-corrected chi connectivity index (χ0v) is 15.5. The van der Waals surface area contributed by atoms with Crippen molar-refractivity contribution in [3.8, 4) is 0 Å².